The van der Waals surface area contributed by atoms with Crippen LogP contribution >= 0.6 is 0 Å². The number of benzene rings is 1. The maximum absolute atomic E-state index is 13.1. The van der Waals surface area contributed by atoms with Gasteiger partial charge in [-0.05, 0) is 62.1 Å². The molecule has 2 atom stereocenters. The third-order valence-electron chi connectivity index (χ3n) is 11.2. The number of carbonyl (C=O) groups is 3. The number of nitrogens with zero attached hydrogens (tertiary/aromatic N) is 6. The van der Waals surface area contributed by atoms with E-state index < -0.39 is 0 Å². The van der Waals surface area contributed by atoms with Crippen molar-refractivity contribution in [1.29, 1.82) is 0 Å². The Balaban J connectivity index is 0.00000203. The summed E-state index contributed by atoms with van der Waals surface area (Å²) in [6.07, 6.45) is 8.27. The Morgan fingerprint density at radius 1 is 0.944 bits per heavy atom. The maximum atomic E-state index is 13.1. The molecule has 14 heteroatoms. The van der Waals surface area contributed by atoms with Gasteiger partial charge in [-0.2, -0.15) is 5.10 Å². The molecule has 3 amide bonds. The molecule has 0 bridgehead atoms. The summed E-state index contributed by atoms with van der Waals surface area (Å²) in [6, 6.07) is 12.1. The number of aromatic nitrogens is 3. The molecule has 5 fully saturated rings. The summed E-state index contributed by atoms with van der Waals surface area (Å²) < 4.78 is 2.15. The van der Waals surface area contributed by atoms with Gasteiger partial charge < -0.3 is 37.2 Å². The minimum Gasteiger partial charge on any atom is -0.393 e. The van der Waals surface area contributed by atoms with E-state index in [0.29, 0.717) is 36.3 Å². The van der Waals surface area contributed by atoms with E-state index in [1.54, 1.807) is 0 Å². The van der Waals surface area contributed by atoms with Crippen LogP contribution in [-0.4, -0.2) is 81.6 Å². The number of amides is 3. The zero-order valence-corrected chi connectivity index (χ0v) is 31.3. The largest absolute Gasteiger partial charge is 0.393 e. The van der Waals surface area contributed by atoms with Gasteiger partial charge in [0.2, 0.25) is 5.91 Å². The first kappa shape index (κ1) is 35.6. The Kier molecular flexibility index (Phi) is 9.55. The Bertz CT molecular complexity index is 2010. The monoisotopic (exact) mass is 733 g/mol. The van der Waals surface area contributed by atoms with Crippen LogP contribution in [0.2, 0.25) is 0 Å². The SMILES string of the molecule is CC.CN1Cc2c(cnn2C2CN(Cc3cccc(C(=O)N4CC5CC5C4)n3)C2)-c2cccc(NC(/C=C(\N)NC(=O)C3CC3)=C(/N)C(=O)NC3CC3)c21. The minimum absolute atomic E-state index is 0.00828. The third kappa shape index (κ3) is 7.26. The van der Waals surface area contributed by atoms with E-state index in [-0.39, 0.29) is 47.2 Å². The standard InChI is InChI=1S/C38H45N11O3.C2H6/c1-46-20-32-28(14-41-49(32)26-18-47(19-26)17-25-4-2-7-30(42-25)38(52)48-15-22-12-23(22)16-48)27-5-3-6-29(35(27)46)44-31(34(40)37(51)43-24-10-11-24)13-33(39)45-36(50)21-8-9-21;1-2/h2-7,13-14,21-24,26,44H,8-12,15-20,39-40H2,1H3,(H,43,51)(H,45,50);1-2H3/b33-13+,34-31+;. The van der Waals surface area contributed by atoms with Gasteiger partial charge in [0.05, 0.1) is 47.2 Å². The summed E-state index contributed by atoms with van der Waals surface area (Å²) in [6.45, 7) is 8.73. The molecule has 9 rings (SSSR count). The highest BCUT2D eigenvalue weighted by molar-refractivity contribution is 5.96. The first-order chi connectivity index (χ1) is 26.2. The zero-order chi connectivity index (χ0) is 37.7. The van der Waals surface area contributed by atoms with Crippen molar-refractivity contribution in [3.63, 3.8) is 0 Å². The van der Waals surface area contributed by atoms with Crippen LogP contribution in [0, 0.1) is 17.8 Å². The number of allylic oxidation sites excluding steroid dienone is 1. The second-order valence-electron chi connectivity index (χ2n) is 15.4. The van der Waals surface area contributed by atoms with Gasteiger partial charge in [-0.1, -0.05) is 32.0 Å². The Hall–Kier alpha value is -5.37. The molecule has 3 saturated carbocycles. The molecular weight excluding hydrogens is 683 g/mol. The topological polar surface area (TPSA) is 180 Å². The van der Waals surface area contributed by atoms with Crippen molar-refractivity contribution >= 4 is 29.1 Å². The van der Waals surface area contributed by atoms with Crippen molar-refractivity contribution in [3.05, 3.63) is 83.0 Å². The van der Waals surface area contributed by atoms with Gasteiger partial charge in [-0.25, -0.2) is 4.98 Å². The van der Waals surface area contributed by atoms with Gasteiger partial charge in [0.25, 0.3) is 11.8 Å². The molecule has 54 heavy (non-hydrogen) atoms. The predicted octanol–water partition coefficient (Wildman–Crippen LogP) is 3.26. The summed E-state index contributed by atoms with van der Waals surface area (Å²) in [5.74, 6) is 1.04. The quantitative estimate of drug-likeness (QED) is 0.145. The Labute approximate surface area is 316 Å². The van der Waals surface area contributed by atoms with Crippen LogP contribution in [0.15, 0.2) is 65.9 Å². The highest BCUT2D eigenvalue weighted by Gasteiger charge is 2.47. The van der Waals surface area contributed by atoms with Crippen LogP contribution in [0.25, 0.3) is 11.1 Å². The smallest absolute Gasteiger partial charge is 0.272 e. The molecule has 284 valence electrons. The molecular formula is C40H51N11O3. The molecule has 5 heterocycles. The number of nitrogens with two attached hydrogens (primary N) is 2. The lowest BCUT2D eigenvalue weighted by Gasteiger charge is -2.40. The number of anilines is 2. The number of para-hydroxylation sites is 1. The van der Waals surface area contributed by atoms with Crippen molar-refractivity contribution in [2.45, 2.75) is 71.1 Å². The van der Waals surface area contributed by atoms with Crippen molar-refractivity contribution in [2.75, 3.05) is 43.4 Å². The van der Waals surface area contributed by atoms with Gasteiger partial charge in [-0.15, -0.1) is 0 Å². The summed E-state index contributed by atoms with van der Waals surface area (Å²) in [5, 5.41) is 13.9. The first-order valence-corrected chi connectivity index (χ1v) is 19.4. The molecule has 1 aromatic carbocycles. The van der Waals surface area contributed by atoms with E-state index in [0.717, 1.165) is 85.8 Å². The van der Waals surface area contributed by atoms with Crippen LogP contribution in [0.1, 0.15) is 73.9 Å². The molecule has 7 N–H and O–H groups in total. The number of nitrogens with one attached hydrogen (secondary N) is 3. The van der Waals surface area contributed by atoms with Crippen LogP contribution in [0.3, 0.4) is 0 Å². The lowest BCUT2D eigenvalue weighted by atomic mass is 9.97. The number of pyridine rings is 1. The molecule has 2 saturated heterocycles. The Morgan fingerprint density at radius 3 is 2.41 bits per heavy atom. The normalized spacial score (nSPS) is 22.1. The van der Waals surface area contributed by atoms with Crippen LogP contribution in [0.5, 0.6) is 0 Å². The molecule has 0 spiro atoms. The lowest BCUT2D eigenvalue weighted by Crippen LogP contribution is -2.48. The average Bonchev–Trinajstić information content (AvgIpc) is 4.11. The van der Waals surface area contributed by atoms with E-state index in [9.17, 15) is 14.4 Å². The molecule has 0 radical (unpaired) electrons. The maximum Gasteiger partial charge on any atom is 0.272 e. The van der Waals surface area contributed by atoms with E-state index in [1.165, 1.54) is 12.5 Å². The number of likely N-dealkylation sites (tertiary alicyclic amines) is 2. The molecule has 14 nitrogen and oxygen atoms in total. The molecule has 6 aliphatic rings. The van der Waals surface area contributed by atoms with E-state index in [4.69, 9.17) is 21.5 Å². The number of piperidine rings is 1. The van der Waals surface area contributed by atoms with Crippen molar-refractivity contribution in [3.8, 4) is 11.1 Å². The highest BCUT2D eigenvalue weighted by atomic mass is 16.2. The molecule has 3 aromatic rings. The van der Waals surface area contributed by atoms with Crippen molar-refractivity contribution in [1.82, 2.24) is 35.2 Å². The molecule has 3 aliphatic carbocycles. The van der Waals surface area contributed by atoms with E-state index in [1.807, 2.05) is 62.3 Å². The third-order valence-corrected chi connectivity index (χ3v) is 11.2. The lowest BCUT2D eigenvalue weighted by molar-refractivity contribution is -0.121. The predicted molar refractivity (Wildman–Crippen MR) is 206 cm³/mol. The van der Waals surface area contributed by atoms with Gasteiger partial charge >= 0.3 is 0 Å². The molecule has 2 unspecified atom stereocenters. The summed E-state index contributed by atoms with van der Waals surface area (Å²) in [5.41, 5.74) is 19.3. The fraction of sp³-hybridized carbons (Fsp3) is 0.475. The average molecular weight is 734 g/mol. The number of carbonyl (C=O) groups excluding carboxylic acids is 3. The van der Waals surface area contributed by atoms with Crippen LogP contribution in [0.4, 0.5) is 11.4 Å². The van der Waals surface area contributed by atoms with Gasteiger partial charge in [0.1, 0.15) is 17.2 Å². The molecule has 2 aromatic heterocycles. The first-order valence-electron chi connectivity index (χ1n) is 19.4. The second kappa shape index (κ2) is 14.5. The number of hydrogen-bond acceptors (Lipinski definition) is 10. The Morgan fingerprint density at radius 2 is 1.69 bits per heavy atom. The van der Waals surface area contributed by atoms with Gasteiger partial charge in [0, 0.05) is 68.9 Å². The van der Waals surface area contributed by atoms with E-state index >= 15 is 0 Å². The summed E-state index contributed by atoms with van der Waals surface area (Å²) in [7, 11) is 2.04. The second-order valence-corrected chi connectivity index (χ2v) is 15.4. The fourth-order valence-electron chi connectivity index (χ4n) is 7.85. The number of fused-ring (bicyclic) bond motifs is 4. The zero-order valence-electron chi connectivity index (χ0n) is 31.3. The number of rotatable bonds is 11. The van der Waals surface area contributed by atoms with Crippen LogP contribution < -0.4 is 32.3 Å². The van der Waals surface area contributed by atoms with Crippen molar-refractivity contribution < 1.29 is 14.4 Å². The van der Waals surface area contributed by atoms with E-state index in [2.05, 4.69) is 36.5 Å². The minimum atomic E-state index is -0.380. The van der Waals surface area contributed by atoms with Crippen molar-refractivity contribution in [2.24, 2.45) is 29.2 Å². The van der Waals surface area contributed by atoms with Gasteiger partial charge in [-0.3, -0.25) is 24.0 Å². The fourth-order valence-corrected chi connectivity index (χ4v) is 7.85. The molecule has 3 aliphatic heterocycles. The highest BCUT2D eigenvalue weighted by Crippen LogP contribution is 2.46. The number of hydrogen-bond donors (Lipinski definition) is 5. The summed E-state index contributed by atoms with van der Waals surface area (Å²) in [4.78, 5) is 49.7. The van der Waals surface area contributed by atoms with Gasteiger partial charge in [0.15, 0.2) is 0 Å². The van der Waals surface area contributed by atoms with Crippen LogP contribution in [-0.2, 0) is 22.7 Å². The summed E-state index contributed by atoms with van der Waals surface area (Å²) >= 11 is 0.